The third-order valence-corrected chi connectivity index (χ3v) is 5.50. The first kappa shape index (κ1) is 12.9. The van der Waals surface area contributed by atoms with Crippen molar-refractivity contribution in [2.24, 2.45) is 11.8 Å². The van der Waals surface area contributed by atoms with Crippen LogP contribution in [-0.2, 0) is 0 Å². The maximum atomic E-state index is 2.79. The molecule has 3 fully saturated rings. The fourth-order valence-electron chi connectivity index (χ4n) is 4.42. The first-order valence-corrected chi connectivity index (χ1v) is 7.80. The van der Waals surface area contributed by atoms with Gasteiger partial charge in [0, 0.05) is 51.4 Å². The number of nitrogens with zero attached hydrogens (tertiary/aromatic N) is 3. The Morgan fingerprint density at radius 1 is 0.889 bits per heavy atom. The Morgan fingerprint density at radius 2 is 1.44 bits per heavy atom. The molecule has 1 aliphatic carbocycles. The minimum absolute atomic E-state index is 0.726. The third kappa shape index (κ3) is 2.45. The molecule has 3 nitrogen and oxygen atoms in total. The van der Waals surface area contributed by atoms with Crippen molar-refractivity contribution in [3.8, 4) is 0 Å². The van der Waals surface area contributed by atoms with E-state index >= 15 is 0 Å². The van der Waals surface area contributed by atoms with Crippen LogP contribution in [0.15, 0.2) is 0 Å². The number of fused-ring (bicyclic) bond motifs is 1. The van der Waals surface area contributed by atoms with E-state index in [9.17, 15) is 0 Å². The maximum absolute atomic E-state index is 2.79. The van der Waals surface area contributed by atoms with Crippen LogP contribution in [0.5, 0.6) is 0 Å². The van der Waals surface area contributed by atoms with Gasteiger partial charge in [0.1, 0.15) is 0 Å². The van der Waals surface area contributed by atoms with Gasteiger partial charge in [-0.3, -0.25) is 9.80 Å². The smallest absolute Gasteiger partial charge is 0.0113 e. The van der Waals surface area contributed by atoms with E-state index in [-0.39, 0.29) is 0 Å². The number of hydrogen-bond acceptors (Lipinski definition) is 3. The highest BCUT2D eigenvalue weighted by molar-refractivity contribution is 4.96. The quantitative estimate of drug-likeness (QED) is 0.733. The van der Waals surface area contributed by atoms with Gasteiger partial charge in [0.2, 0.25) is 0 Å². The summed E-state index contributed by atoms with van der Waals surface area (Å²) in [6, 6.07) is 1.63. The maximum Gasteiger partial charge on any atom is 0.0113 e. The van der Waals surface area contributed by atoms with Crippen molar-refractivity contribution in [3.05, 3.63) is 0 Å². The molecule has 2 aliphatic heterocycles. The van der Waals surface area contributed by atoms with Gasteiger partial charge >= 0.3 is 0 Å². The zero-order valence-corrected chi connectivity index (χ0v) is 12.3. The second kappa shape index (κ2) is 5.10. The standard InChI is InChI=1S/C15H29N3/c1-12(2)17-4-6-18(7-5-17)15-8-13-10-16(3)11-14(13)9-15/h12-15H,4-11H2,1-3H3. The second-order valence-electron chi connectivity index (χ2n) is 7.03. The van der Waals surface area contributed by atoms with E-state index in [1.165, 1.54) is 52.1 Å². The summed E-state index contributed by atoms with van der Waals surface area (Å²) in [4.78, 5) is 7.94. The van der Waals surface area contributed by atoms with E-state index < -0.39 is 0 Å². The van der Waals surface area contributed by atoms with Crippen LogP contribution in [0.2, 0.25) is 0 Å². The van der Waals surface area contributed by atoms with Crippen molar-refractivity contribution >= 4 is 0 Å². The van der Waals surface area contributed by atoms with Crippen molar-refractivity contribution in [1.82, 2.24) is 14.7 Å². The van der Waals surface area contributed by atoms with Crippen molar-refractivity contribution in [2.45, 2.75) is 38.8 Å². The van der Waals surface area contributed by atoms with E-state index in [2.05, 4.69) is 35.6 Å². The number of likely N-dealkylation sites (tertiary alicyclic amines) is 1. The lowest BCUT2D eigenvalue weighted by atomic mass is 10.0. The predicted octanol–water partition coefficient (Wildman–Crippen LogP) is 1.35. The van der Waals surface area contributed by atoms with Crippen LogP contribution < -0.4 is 0 Å². The minimum atomic E-state index is 0.726. The first-order chi connectivity index (χ1) is 8.63. The SMILES string of the molecule is CC(C)N1CCN(C2CC3CN(C)CC3C2)CC1. The molecule has 3 rings (SSSR count). The summed E-state index contributed by atoms with van der Waals surface area (Å²) in [5.41, 5.74) is 0. The Labute approximate surface area is 112 Å². The number of rotatable bonds is 2. The fourth-order valence-corrected chi connectivity index (χ4v) is 4.42. The Bertz CT molecular complexity index is 269. The average Bonchev–Trinajstić information content (AvgIpc) is 2.86. The molecule has 0 aromatic carbocycles. The molecule has 0 bridgehead atoms. The van der Waals surface area contributed by atoms with Gasteiger partial charge < -0.3 is 4.90 Å². The Morgan fingerprint density at radius 3 is 1.94 bits per heavy atom. The summed E-state index contributed by atoms with van der Waals surface area (Å²) in [7, 11) is 2.29. The molecular formula is C15H29N3. The lowest BCUT2D eigenvalue weighted by Gasteiger charge is -2.40. The molecule has 104 valence electrons. The van der Waals surface area contributed by atoms with Crippen LogP contribution in [0.4, 0.5) is 0 Å². The first-order valence-electron chi connectivity index (χ1n) is 7.80. The third-order valence-electron chi connectivity index (χ3n) is 5.50. The topological polar surface area (TPSA) is 9.72 Å². The molecule has 0 aromatic heterocycles. The molecule has 3 heteroatoms. The summed E-state index contributed by atoms with van der Waals surface area (Å²) < 4.78 is 0. The van der Waals surface area contributed by atoms with E-state index in [4.69, 9.17) is 0 Å². The Kier molecular flexibility index (Phi) is 3.65. The van der Waals surface area contributed by atoms with Crippen molar-refractivity contribution in [2.75, 3.05) is 46.3 Å². The molecule has 0 N–H and O–H groups in total. The van der Waals surface area contributed by atoms with Gasteiger partial charge in [-0.1, -0.05) is 0 Å². The molecular weight excluding hydrogens is 222 g/mol. The van der Waals surface area contributed by atoms with E-state index in [1.807, 2.05) is 0 Å². The van der Waals surface area contributed by atoms with Crippen LogP contribution in [0.25, 0.3) is 0 Å². The lowest BCUT2D eigenvalue weighted by Crippen LogP contribution is -2.51. The highest BCUT2D eigenvalue weighted by Crippen LogP contribution is 2.39. The zero-order valence-electron chi connectivity index (χ0n) is 12.3. The molecule has 0 aromatic rings. The van der Waals surface area contributed by atoms with Gasteiger partial charge in [0.25, 0.3) is 0 Å². The highest BCUT2D eigenvalue weighted by Gasteiger charge is 2.41. The van der Waals surface area contributed by atoms with E-state index in [1.54, 1.807) is 0 Å². The predicted molar refractivity (Wildman–Crippen MR) is 75.8 cm³/mol. The molecule has 0 spiro atoms. The van der Waals surface area contributed by atoms with Crippen LogP contribution in [0.1, 0.15) is 26.7 Å². The van der Waals surface area contributed by atoms with Gasteiger partial charge in [-0.15, -0.1) is 0 Å². The average molecular weight is 251 g/mol. The molecule has 2 saturated heterocycles. The lowest BCUT2D eigenvalue weighted by molar-refractivity contribution is 0.0760. The summed E-state index contributed by atoms with van der Waals surface area (Å²) in [6.45, 7) is 12.5. The van der Waals surface area contributed by atoms with Crippen LogP contribution in [-0.4, -0.2) is 73.1 Å². The fraction of sp³-hybridized carbons (Fsp3) is 1.00. The van der Waals surface area contributed by atoms with Gasteiger partial charge in [-0.05, 0) is 45.6 Å². The molecule has 1 saturated carbocycles. The van der Waals surface area contributed by atoms with Gasteiger partial charge in [-0.2, -0.15) is 0 Å². The van der Waals surface area contributed by atoms with Crippen LogP contribution in [0.3, 0.4) is 0 Å². The molecule has 0 radical (unpaired) electrons. The molecule has 2 heterocycles. The number of hydrogen-bond donors (Lipinski definition) is 0. The van der Waals surface area contributed by atoms with E-state index in [0.29, 0.717) is 0 Å². The van der Waals surface area contributed by atoms with Gasteiger partial charge in [-0.25, -0.2) is 0 Å². The van der Waals surface area contributed by atoms with Crippen LogP contribution in [0, 0.1) is 11.8 Å². The molecule has 3 aliphatic rings. The Balaban J connectivity index is 1.50. The minimum Gasteiger partial charge on any atom is -0.306 e. The summed E-state index contributed by atoms with van der Waals surface area (Å²) in [5, 5.41) is 0. The van der Waals surface area contributed by atoms with E-state index in [0.717, 1.165) is 23.9 Å². The monoisotopic (exact) mass is 251 g/mol. The van der Waals surface area contributed by atoms with Crippen molar-refractivity contribution in [1.29, 1.82) is 0 Å². The molecule has 18 heavy (non-hydrogen) atoms. The zero-order chi connectivity index (χ0) is 12.7. The summed E-state index contributed by atoms with van der Waals surface area (Å²) in [5.74, 6) is 2.01. The number of piperazine rings is 1. The van der Waals surface area contributed by atoms with Crippen molar-refractivity contribution < 1.29 is 0 Å². The Hall–Kier alpha value is -0.120. The van der Waals surface area contributed by atoms with Gasteiger partial charge in [0.05, 0.1) is 0 Å². The normalized spacial score (nSPS) is 39.7. The largest absolute Gasteiger partial charge is 0.306 e. The van der Waals surface area contributed by atoms with Gasteiger partial charge in [0.15, 0.2) is 0 Å². The highest BCUT2D eigenvalue weighted by atomic mass is 15.3. The molecule has 2 unspecified atom stereocenters. The van der Waals surface area contributed by atoms with Crippen LogP contribution >= 0.6 is 0 Å². The summed E-state index contributed by atoms with van der Waals surface area (Å²) in [6.07, 6.45) is 2.94. The molecule has 2 atom stereocenters. The summed E-state index contributed by atoms with van der Waals surface area (Å²) >= 11 is 0. The second-order valence-corrected chi connectivity index (χ2v) is 7.03. The molecule has 0 amide bonds. The van der Waals surface area contributed by atoms with Crippen molar-refractivity contribution in [3.63, 3.8) is 0 Å².